The molecule has 0 heterocycles. The van der Waals surface area contributed by atoms with Gasteiger partial charge in [0.15, 0.2) is 0 Å². The Balaban J connectivity index is 2.53. The van der Waals surface area contributed by atoms with E-state index >= 15 is 0 Å². The zero-order valence-corrected chi connectivity index (χ0v) is 11.9. The van der Waals surface area contributed by atoms with E-state index in [0.717, 1.165) is 5.56 Å². The van der Waals surface area contributed by atoms with Crippen LogP contribution in [0.25, 0.3) is 0 Å². The predicted octanol–water partition coefficient (Wildman–Crippen LogP) is 3.23. The topological polar surface area (TPSA) is 43.4 Å². The lowest BCUT2D eigenvalue weighted by atomic mass is 10.2. The number of hydrogen-bond acceptors (Lipinski definition) is 3. The molecule has 1 aromatic carbocycles. The first-order chi connectivity index (χ1) is 7.78. The van der Waals surface area contributed by atoms with Crippen molar-refractivity contribution in [1.29, 1.82) is 0 Å². The summed E-state index contributed by atoms with van der Waals surface area (Å²) >= 11 is 5.88. The Morgan fingerprint density at radius 1 is 1.41 bits per heavy atom. The lowest BCUT2D eigenvalue weighted by molar-refractivity contribution is 0.272. The minimum Gasteiger partial charge on any atom is -0.493 e. The van der Waals surface area contributed by atoms with E-state index in [2.05, 4.69) is 0 Å². The fourth-order valence-corrected chi connectivity index (χ4v) is 2.87. The summed E-state index contributed by atoms with van der Waals surface area (Å²) in [5, 5.41) is 0.675. The number of ether oxygens (including phenoxy) is 1. The minimum atomic E-state index is -3.47. The van der Waals surface area contributed by atoms with E-state index < -0.39 is 9.05 Å². The van der Waals surface area contributed by atoms with E-state index in [0.29, 0.717) is 17.4 Å². The number of rotatable bonds is 5. The van der Waals surface area contributed by atoms with E-state index in [4.69, 9.17) is 27.0 Å². The van der Waals surface area contributed by atoms with Crippen LogP contribution in [0.4, 0.5) is 0 Å². The van der Waals surface area contributed by atoms with Crippen molar-refractivity contribution < 1.29 is 13.2 Å². The second-order valence-electron chi connectivity index (χ2n) is 4.03. The molecule has 0 N–H and O–H groups in total. The molecule has 0 aromatic heterocycles. The maximum Gasteiger partial charge on any atom is 0.232 e. The Morgan fingerprint density at radius 3 is 2.59 bits per heavy atom. The molecule has 96 valence electrons. The average Bonchev–Trinajstić information content (AvgIpc) is 2.17. The highest BCUT2D eigenvalue weighted by Gasteiger charge is 2.13. The molecule has 0 saturated heterocycles. The average molecular weight is 297 g/mol. The molecule has 6 heteroatoms. The molecular weight excluding hydrogens is 283 g/mol. The van der Waals surface area contributed by atoms with Gasteiger partial charge in [-0.3, -0.25) is 0 Å². The molecule has 1 unspecified atom stereocenters. The molecule has 1 atom stereocenters. The predicted molar refractivity (Wildman–Crippen MR) is 70.5 cm³/mol. The molecule has 0 fully saturated rings. The third kappa shape index (κ3) is 5.61. The molecule has 0 aliphatic heterocycles. The number of benzene rings is 1. The molecule has 1 aromatic rings. The molecule has 1 rings (SSSR count). The van der Waals surface area contributed by atoms with Crippen LogP contribution in [-0.4, -0.2) is 20.8 Å². The first kappa shape index (κ1) is 14.6. The summed E-state index contributed by atoms with van der Waals surface area (Å²) in [7, 11) is 1.68. The molecule has 0 aliphatic carbocycles. The van der Waals surface area contributed by atoms with Crippen LogP contribution in [0.15, 0.2) is 18.2 Å². The van der Waals surface area contributed by atoms with Crippen LogP contribution in [0.3, 0.4) is 0 Å². The first-order valence-corrected chi connectivity index (χ1v) is 7.95. The molecule has 3 nitrogen and oxygen atoms in total. The number of halogens is 2. The van der Waals surface area contributed by atoms with E-state index in [-0.39, 0.29) is 11.7 Å². The van der Waals surface area contributed by atoms with Crippen molar-refractivity contribution in [2.45, 2.75) is 13.8 Å². The Bertz CT molecular complexity index is 485. The monoisotopic (exact) mass is 296 g/mol. The highest BCUT2D eigenvalue weighted by atomic mass is 35.7. The van der Waals surface area contributed by atoms with Crippen LogP contribution >= 0.6 is 22.3 Å². The van der Waals surface area contributed by atoms with Gasteiger partial charge in [-0.15, -0.1) is 0 Å². The van der Waals surface area contributed by atoms with Crippen molar-refractivity contribution >= 4 is 31.3 Å². The van der Waals surface area contributed by atoms with Gasteiger partial charge >= 0.3 is 0 Å². The van der Waals surface area contributed by atoms with Gasteiger partial charge in [0, 0.05) is 21.6 Å². The maximum absolute atomic E-state index is 10.8. The summed E-state index contributed by atoms with van der Waals surface area (Å²) in [6, 6.07) is 5.30. The fraction of sp³-hybridized carbons (Fsp3) is 0.455. The van der Waals surface area contributed by atoms with Crippen LogP contribution in [0.2, 0.25) is 5.02 Å². The largest absolute Gasteiger partial charge is 0.493 e. The smallest absolute Gasteiger partial charge is 0.232 e. The van der Waals surface area contributed by atoms with Crippen LogP contribution in [0, 0.1) is 12.8 Å². The SMILES string of the molecule is Cc1cc(OCC(C)CS(=O)(=O)Cl)ccc1Cl. The summed E-state index contributed by atoms with van der Waals surface area (Å²) < 4.78 is 27.2. The second-order valence-corrected chi connectivity index (χ2v) is 7.26. The van der Waals surface area contributed by atoms with Gasteiger partial charge in [-0.05, 0) is 30.7 Å². The fourth-order valence-electron chi connectivity index (χ4n) is 1.33. The molecule has 0 aliphatic rings. The van der Waals surface area contributed by atoms with Crippen molar-refractivity contribution in [3.63, 3.8) is 0 Å². The third-order valence-corrected chi connectivity index (χ3v) is 3.92. The first-order valence-electron chi connectivity index (χ1n) is 5.09. The Hall–Kier alpha value is -0.450. The lowest BCUT2D eigenvalue weighted by Crippen LogP contribution is -2.16. The van der Waals surface area contributed by atoms with E-state index in [1.807, 2.05) is 13.0 Å². The second kappa shape index (κ2) is 5.94. The van der Waals surface area contributed by atoms with Crippen molar-refractivity contribution in [2.75, 3.05) is 12.4 Å². The summed E-state index contributed by atoms with van der Waals surface area (Å²) in [6.07, 6.45) is 0. The lowest BCUT2D eigenvalue weighted by Gasteiger charge is -2.12. The van der Waals surface area contributed by atoms with Crippen LogP contribution in [-0.2, 0) is 9.05 Å². The van der Waals surface area contributed by atoms with Gasteiger partial charge in [-0.1, -0.05) is 18.5 Å². The molecule has 17 heavy (non-hydrogen) atoms. The standard InChI is InChI=1S/C11H14Cl2O3S/c1-8(7-17(13,14)15)6-16-10-3-4-11(12)9(2)5-10/h3-5,8H,6-7H2,1-2H3. The Kier molecular flexibility index (Phi) is 5.10. The third-order valence-electron chi connectivity index (χ3n) is 2.15. The van der Waals surface area contributed by atoms with Gasteiger partial charge in [0.2, 0.25) is 9.05 Å². The molecular formula is C11H14Cl2O3S. The van der Waals surface area contributed by atoms with E-state index in [1.54, 1.807) is 19.1 Å². The molecule has 0 spiro atoms. The molecule has 0 saturated carbocycles. The zero-order valence-electron chi connectivity index (χ0n) is 9.61. The molecule has 0 amide bonds. The summed E-state index contributed by atoms with van der Waals surface area (Å²) in [6.45, 7) is 3.94. The zero-order chi connectivity index (χ0) is 13.1. The Morgan fingerprint density at radius 2 is 2.06 bits per heavy atom. The van der Waals surface area contributed by atoms with Crippen LogP contribution in [0.5, 0.6) is 5.75 Å². The maximum atomic E-state index is 10.8. The molecule has 0 bridgehead atoms. The molecule has 0 radical (unpaired) electrons. The number of hydrogen-bond donors (Lipinski definition) is 0. The quantitative estimate of drug-likeness (QED) is 0.784. The van der Waals surface area contributed by atoms with Crippen molar-refractivity contribution in [3.8, 4) is 5.75 Å². The van der Waals surface area contributed by atoms with E-state index in [1.165, 1.54) is 0 Å². The van der Waals surface area contributed by atoms with Gasteiger partial charge < -0.3 is 4.74 Å². The van der Waals surface area contributed by atoms with Gasteiger partial charge in [0.25, 0.3) is 0 Å². The summed E-state index contributed by atoms with van der Waals surface area (Å²) in [4.78, 5) is 0. The highest BCUT2D eigenvalue weighted by molar-refractivity contribution is 8.13. The van der Waals surface area contributed by atoms with Gasteiger partial charge in [0.05, 0.1) is 12.4 Å². The highest BCUT2D eigenvalue weighted by Crippen LogP contribution is 2.21. The van der Waals surface area contributed by atoms with Crippen molar-refractivity contribution in [3.05, 3.63) is 28.8 Å². The van der Waals surface area contributed by atoms with Gasteiger partial charge in [0.1, 0.15) is 5.75 Å². The van der Waals surface area contributed by atoms with Crippen LogP contribution < -0.4 is 4.74 Å². The van der Waals surface area contributed by atoms with E-state index in [9.17, 15) is 8.42 Å². The van der Waals surface area contributed by atoms with Gasteiger partial charge in [-0.25, -0.2) is 8.42 Å². The normalized spacial score (nSPS) is 13.4. The van der Waals surface area contributed by atoms with Crippen molar-refractivity contribution in [1.82, 2.24) is 0 Å². The summed E-state index contributed by atoms with van der Waals surface area (Å²) in [5.74, 6) is 0.417. The Labute approximate surface area is 111 Å². The minimum absolute atomic E-state index is 0.0961. The van der Waals surface area contributed by atoms with Crippen LogP contribution in [0.1, 0.15) is 12.5 Å². The van der Waals surface area contributed by atoms with Gasteiger partial charge in [-0.2, -0.15) is 0 Å². The summed E-state index contributed by atoms with van der Waals surface area (Å²) in [5.41, 5.74) is 0.918. The van der Waals surface area contributed by atoms with Crippen molar-refractivity contribution in [2.24, 2.45) is 5.92 Å². The number of aryl methyl sites for hydroxylation is 1.